The molecule has 3 aromatic rings. The number of hydrazone groups is 1. The quantitative estimate of drug-likeness (QED) is 0.318. The van der Waals surface area contributed by atoms with Crippen LogP contribution in [-0.2, 0) is 10.5 Å². The second kappa shape index (κ2) is 10.4. The number of hydrogen-bond acceptors (Lipinski definition) is 7. The fraction of sp³-hybridized carbons (Fsp3) is 0.200. The third-order valence-corrected chi connectivity index (χ3v) is 7.00. The highest BCUT2D eigenvalue weighted by molar-refractivity contribution is 8.03. The van der Waals surface area contributed by atoms with Crippen molar-refractivity contribution in [3.05, 3.63) is 71.3 Å². The molecule has 28 heavy (non-hydrogen) atoms. The molecular weight excluding hydrogens is 408 g/mol. The van der Waals surface area contributed by atoms with Crippen LogP contribution < -0.4 is 5.43 Å². The van der Waals surface area contributed by atoms with Crippen LogP contribution in [0.25, 0.3) is 0 Å². The van der Waals surface area contributed by atoms with Crippen LogP contribution in [0.5, 0.6) is 0 Å². The molecule has 0 saturated heterocycles. The van der Waals surface area contributed by atoms with Crippen LogP contribution in [0, 0.1) is 6.92 Å². The highest BCUT2D eigenvalue weighted by Gasteiger charge is 2.09. The minimum atomic E-state index is -0.163. The number of nitrogens with one attached hydrogen (secondary N) is 1. The Balaban J connectivity index is 1.43. The number of nitrogens with zero attached hydrogens (tertiary/aromatic N) is 3. The van der Waals surface area contributed by atoms with Gasteiger partial charge >= 0.3 is 0 Å². The summed E-state index contributed by atoms with van der Waals surface area (Å²) in [5.74, 6) is 0.945. The Kier molecular flexibility index (Phi) is 7.64. The Morgan fingerprint density at radius 1 is 1.04 bits per heavy atom. The molecule has 3 rings (SSSR count). The topological polar surface area (TPSA) is 67.2 Å². The number of rotatable bonds is 8. The number of amides is 1. The summed E-state index contributed by atoms with van der Waals surface area (Å²) in [6, 6.07) is 18.2. The molecular formula is C20H20N4OS3. The Morgan fingerprint density at radius 3 is 2.43 bits per heavy atom. The van der Waals surface area contributed by atoms with Gasteiger partial charge in [-0.15, -0.1) is 10.2 Å². The van der Waals surface area contributed by atoms with Gasteiger partial charge in [0, 0.05) is 5.75 Å². The van der Waals surface area contributed by atoms with Crippen molar-refractivity contribution in [3.63, 3.8) is 0 Å². The number of aryl methyl sites for hydroxylation is 1. The van der Waals surface area contributed by atoms with Crippen LogP contribution in [0.3, 0.4) is 0 Å². The van der Waals surface area contributed by atoms with Gasteiger partial charge in [-0.1, -0.05) is 95.0 Å². The number of thioether (sulfide) groups is 2. The first-order valence-corrected chi connectivity index (χ1v) is 11.4. The van der Waals surface area contributed by atoms with Gasteiger partial charge in [0.05, 0.1) is 11.5 Å². The van der Waals surface area contributed by atoms with Gasteiger partial charge in [0.1, 0.15) is 0 Å². The Morgan fingerprint density at radius 2 is 1.71 bits per heavy atom. The lowest BCUT2D eigenvalue weighted by Crippen LogP contribution is -2.21. The Hall–Kier alpha value is -2.16. The molecule has 5 nitrogen and oxygen atoms in total. The van der Waals surface area contributed by atoms with E-state index in [1.54, 1.807) is 11.8 Å². The summed E-state index contributed by atoms with van der Waals surface area (Å²) in [5, 5.41) is 12.5. The molecule has 0 aliphatic carbocycles. The largest absolute Gasteiger partial charge is 0.272 e. The second-order valence-electron chi connectivity index (χ2n) is 6.00. The van der Waals surface area contributed by atoms with Gasteiger partial charge in [0.15, 0.2) is 8.68 Å². The van der Waals surface area contributed by atoms with Gasteiger partial charge in [0.25, 0.3) is 5.91 Å². The van der Waals surface area contributed by atoms with Gasteiger partial charge in [-0.05, 0) is 25.0 Å². The fourth-order valence-corrected chi connectivity index (χ4v) is 4.96. The molecule has 0 aliphatic heterocycles. The van der Waals surface area contributed by atoms with Crippen LogP contribution >= 0.6 is 34.9 Å². The van der Waals surface area contributed by atoms with Crippen molar-refractivity contribution >= 4 is 46.5 Å². The molecule has 0 unspecified atom stereocenters. The third-order valence-electron chi connectivity index (χ3n) is 3.74. The average Bonchev–Trinajstić information content (AvgIpc) is 3.18. The molecule has 0 bridgehead atoms. The summed E-state index contributed by atoms with van der Waals surface area (Å²) >= 11 is 4.53. The summed E-state index contributed by atoms with van der Waals surface area (Å²) < 4.78 is 1.69. The summed E-state index contributed by atoms with van der Waals surface area (Å²) in [5.41, 5.74) is 6.85. The smallest absolute Gasteiger partial charge is 0.250 e. The zero-order chi connectivity index (χ0) is 19.8. The van der Waals surface area contributed by atoms with E-state index in [1.165, 1.54) is 34.2 Å². The van der Waals surface area contributed by atoms with E-state index in [4.69, 9.17) is 0 Å². The van der Waals surface area contributed by atoms with Crippen molar-refractivity contribution in [3.8, 4) is 0 Å². The van der Waals surface area contributed by atoms with E-state index >= 15 is 0 Å². The summed E-state index contributed by atoms with van der Waals surface area (Å²) in [6.45, 7) is 3.95. The molecule has 0 radical (unpaired) electrons. The highest BCUT2D eigenvalue weighted by Crippen LogP contribution is 2.30. The normalized spacial score (nSPS) is 11.4. The second-order valence-corrected chi connectivity index (χ2v) is 9.42. The monoisotopic (exact) mass is 428 g/mol. The molecule has 1 N–H and O–H groups in total. The molecule has 0 fully saturated rings. The van der Waals surface area contributed by atoms with Crippen LogP contribution in [0.1, 0.15) is 23.6 Å². The Bertz CT molecular complexity index is 940. The lowest BCUT2D eigenvalue weighted by molar-refractivity contribution is -0.118. The standard InChI is InChI=1S/C20H20N4OS3/c1-14-8-10-16(11-9-14)12-26-19-23-24-20(28-19)27-13-18(25)22-21-15(2)17-6-4-3-5-7-17/h3-11H,12-13H2,1-2H3,(H,22,25). The molecule has 0 spiro atoms. The fourth-order valence-electron chi connectivity index (χ4n) is 2.19. The van der Waals surface area contributed by atoms with Crippen molar-refractivity contribution < 1.29 is 4.79 Å². The van der Waals surface area contributed by atoms with Gasteiger partial charge in [-0.3, -0.25) is 4.79 Å². The number of carbonyl (C=O) groups excluding carboxylic acids is 1. The van der Waals surface area contributed by atoms with Crippen molar-refractivity contribution in [2.24, 2.45) is 5.10 Å². The number of carbonyl (C=O) groups is 1. The van der Waals surface area contributed by atoms with E-state index in [2.05, 4.69) is 51.9 Å². The number of benzene rings is 2. The Labute approximate surface area is 177 Å². The summed E-state index contributed by atoms with van der Waals surface area (Å²) in [6.07, 6.45) is 0. The molecule has 2 aromatic carbocycles. The SMILES string of the molecule is CC(=NNC(=O)CSc1nnc(SCc2ccc(C)cc2)s1)c1ccccc1. The number of hydrogen-bond donors (Lipinski definition) is 1. The predicted molar refractivity (Wildman–Crippen MR) is 118 cm³/mol. The minimum Gasteiger partial charge on any atom is -0.272 e. The number of aromatic nitrogens is 2. The zero-order valence-electron chi connectivity index (χ0n) is 15.6. The molecule has 0 saturated carbocycles. The predicted octanol–water partition coefficient (Wildman–Crippen LogP) is 4.77. The van der Waals surface area contributed by atoms with Gasteiger partial charge in [0.2, 0.25) is 0 Å². The van der Waals surface area contributed by atoms with E-state index in [-0.39, 0.29) is 11.7 Å². The van der Waals surface area contributed by atoms with Crippen molar-refractivity contribution in [1.82, 2.24) is 15.6 Å². The van der Waals surface area contributed by atoms with Crippen molar-refractivity contribution in [2.45, 2.75) is 28.3 Å². The van der Waals surface area contributed by atoms with Crippen LogP contribution in [0.2, 0.25) is 0 Å². The lowest BCUT2D eigenvalue weighted by atomic mass is 10.1. The lowest BCUT2D eigenvalue weighted by Gasteiger charge is -2.02. The van der Waals surface area contributed by atoms with E-state index in [0.29, 0.717) is 0 Å². The van der Waals surface area contributed by atoms with Gasteiger partial charge in [-0.25, -0.2) is 5.43 Å². The minimum absolute atomic E-state index is 0.163. The summed E-state index contributed by atoms with van der Waals surface area (Å²) in [4.78, 5) is 12.0. The van der Waals surface area contributed by atoms with E-state index in [9.17, 15) is 4.79 Å². The van der Waals surface area contributed by atoms with E-state index in [1.807, 2.05) is 37.3 Å². The van der Waals surface area contributed by atoms with Gasteiger partial charge < -0.3 is 0 Å². The highest BCUT2D eigenvalue weighted by atomic mass is 32.2. The molecule has 0 aliphatic rings. The molecule has 144 valence electrons. The average molecular weight is 429 g/mol. The first-order chi connectivity index (χ1) is 13.6. The molecule has 1 aromatic heterocycles. The first kappa shape index (κ1) is 20.6. The van der Waals surface area contributed by atoms with Gasteiger partial charge in [-0.2, -0.15) is 5.10 Å². The zero-order valence-corrected chi connectivity index (χ0v) is 18.0. The van der Waals surface area contributed by atoms with Crippen LogP contribution in [0.4, 0.5) is 0 Å². The maximum atomic E-state index is 12.0. The van der Waals surface area contributed by atoms with E-state index < -0.39 is 0 Å². The van der Waals surface area contributed by atoms with Crippen molar-refractivity contribution in [2.75, 3.05) is 5.75 Å². The first-order valence-electron chi connectivity index (χ1n) is 8.63. The molecule has 8 heteroatoms. The van der Waals surface area contributed by atoms with E-state index in [0.717, 1.165) is 25.7 Å². The summed E-state index contributed by atoms with van der Waals surface area (Å²) in [7, 11) is 0. The third kappa shape index (κ3) is 6.47. The molecule has 1 amide bonds. The van der Waals surface area contributed by atoms with Crippen LogP contribution in [-0.4, -0.2) is 27.6 Å². The molecule has 0 atom stereocenters. The maximum Gasteiger partial charge on any atom is 0.250 e. The maximum absolute atomic E-state index is 12.0. The van der Waals surface area contributed by atoms with Crippen LogP contribution in [0.15, 0.2) is 68.4 Å². The molecule has 1 heterocycles. The van der Waals surface area contributed by atoms with Crippen molar-refractivity contribution in [1.29, 1.82) is 0 Å².